The Morgan fingerprint density at radius 2 is 1.92 bits per heavy atom. The Bertz CT molecular complexity index is 789. The zero-order valence-electron chi connectivity index (χ0n) is 14.5. The number of hydrogen-bond donors (Lipinski definition) is 3. The number of hydrogen-bond acceptors (Lipinski definition) is 3. The van der Waals surface area contributed by atoms with Crippen LogP contribution in [-0.2, 0) is 6.18 Å². The monoisotopic (exact) mass is 361 g/mol. The second-order valence-corrected chi connectivity index (χ2v) is 7.11. The SMILES string of the molecule is CC(Nc1cc2c(c(C(F)(F)F)c1)N[C@H]1CCNC[C@@H]21)c1ccccc1. The second-order valence-electron chi connectivity index (χ2n) is 7.11. The summed E-state index contributed by atoms with van der Waals surface area (Å²) in [5, 5.41) is 9.68. The molecule has 0 aliphatic carbocycles. The topological polar surface area (TPSA) is 36.1 Å². The number of nitrogens with one attached hydrogen (secondary N) is 3. The lowest BCUT2D eigenvalue weighted by Crippen LogP contribution is -2.38. The summed E-state index contributed by atoms with van der Waals surface area (Å²) in [6.07, 6.45) is -3.55. The van der Waals surface area contributed by atoms with Gasteiger partial charge in [0.15, 0.2) is 0 Å². The van der Waals surface area contributed by atoms with Crippen molar-refractivity contribution in [2.24, 2.45) is 0 Å². The molecule has 0 saturated carbocycles. The number of benzene rings is 2. The minimum atomic E-state index is -4.38. The average molecular weight is 361 g/mol. The average Bonchev–Trinajstić information content (AvgIpc) is 2.99. The van der Waals surface area contributed by atoms with Crippen molar-refractivity contribution in [3.63, 3.8) is 0 Å². The highest BCUT2D eigenvalue weighted by Crippen LogP contribution is 2.47. The largest absolute Gasteiger partial charge is 0.418 e. The van der Waals surface area contributed by atoms with E-state index < -0.39 is 11.7 Å². The highest BCUT2D eigenvalue weighted by molar-refractivity contribution is 5.71. The van der Waals surface area contributed by atoms with Gasteiger partial charge in [-0.3, -0.25) is 0 Å². The minimum absolute atomic E-state index is 0.0774. The molecule has 6 heteroatoms. The first kappa shape index (κ1) is 17.2. The van der Waals surface area contributed by atoms with E-state index in [-0.39, 0.29) is 23.7 Å². The maximum absolute atomic E-state index is 13.7. The lowest BCUT2D eigenvalue weighted by atomic mass is 9.89. The van der Waals surface area contributed by atoms with E-state index in [0.717, 1.165) is 24.1 Å². The van der Waals surface area contributed by atoms with Crippen LogP contribution in [0, 0.1) is 0 Å². The first-order chi connectivity index (χ1) is 12.4. The fourth-order valence-electron chi connectivity index (χ4n) is 4.04. The Hall–Kier alpha value is -2.21. The number of alkyl halides is 3. The summed E-state index contributed by atoms with van der Waals surface area (Å²) in [5.41, 5.74) is 2.00. The molecule has 138 valence electrons. The van der Waals surface area contributed by atoms with Gasteiger partial charge in [0, 0.05) is 30.2 Å². The molecular formula is C20H22F3N3. The first-order valence-electron chi connectivity index (χ1n) is 8.97. The van der Waals surface area contributed by atoms with Gasteiger partial charge in [-0.15, -0.1) is 0 Å². The molecule has 26 heavy (non-hydrogen) atoms. The predicted molar refractivity (Wildman–Crippen MR) is 97.6 cm³/mol. The van der Waals surface area contributed by atoms with Crippen LogP contribution in [0.4, 0.5) is 24.5 Å². The molecule has 4 rings (SSSR count). The van der Waals surface area contributed by atoms with Crippen LogP contribution >= 0.6 is 0 Å². The molecule has 3 atom stereocenters. The molecule has 2 aromatic carbocycles. The quantitative estimate of drug-likeness (QED) is 0.738. The lowest BCUT2D eigenvalue weighted by Gasteiger charge is -2.26. The summed E-state index contributed by atoms with van der Waals surface area (Å²) in [7, 11) is 0. The molecule has 0 aromatic heterocycles. The van der Waals surface area contributed by atoms with Crippen LogP contribution in [0.1, 0.15) is 42.0 Å². The molecule has 0 amide bonds. The van der Waals surface area contributed by atoms with E-state index in [2.05, 4.69) is 16.0 Å². The van der Waals surface area contributed by atoms with Gasteiger partial charge in [-0.25, -0.2) is 0 Å². The highest BCUT2D eigenvalue weighted by atomic mass is 19.4. The zero-order valence-corrected chi connectivity index (χ0v) is 14.5. The second kappa shape index (κ2) is 6.50. The van der Waals surface area contributed by atoms with Crippen LogP contribution in [0.5, 0.6) is 0 Å². The summed E-state index contributed by atoms with van der Waals surface area (Å²) in [6.45, 7) is 3.50. The maximum Gasteiger partial charge on any atom is 0.418 e. The van der Waals surface area contributed by atoms with Crippen molar-refractivity contribution in [2.75, 3.05) is 23.7 Å². The Labute approximate surface area is 151 Å². The number of halogens is 3. The molecule has 0 bridgehead atoms. The van der Waals surface area contributed by atoms with Crippen LogP contribution in [0.25, 0.3) is 0 Å². The molecule has 2 aliphatic heterocycles. The predicted octanol–water partition coefficient (Wildman–Crippen LogP) is 4.75. The summed E-state index contributed by atoms with van der Waals surface area (Å²) in [5.74, 6) is 0.0774. The number of piperidine rings is 1. The first-order valence-corrected chi connectivity index (χ1v) is 8.97. The van der Waals surface area contributed by atoms with E-state index in [4.69, 9.17) is 0 Å². The Kier molecular flexibility index (Phi) is 4.31. The maximum atomic E-state index is 13.7. The van der Waals surface area contributed by atoms with E-state index in [1.54, 1.807) is 0 Å². The highest BCUT2D eigenvalue weighted by Gasteiger charge is 2.42. The van der Waals surface area contributed by atoms with Gasteiger partial charge in [0.25, 0.3) is 0 Å². The van der Waals surface area contributed by atoms with E-state index in [0.29, 0.717) is 12.2 Å². The smallest absolute Gasteiger partial charge is 0.381 e. The van der Waals surface area contributed by atoms with Crippen molar-refractivity contribution in [3.8, 4) is 0 Å². The normalized spacial score (nSPS) is 22.9. The van der Waals surface area contributed by atoms with Crippen molar-refractivity contribution in [1.29, 1.82) is 0 Å². The molecule has 2 aromatic rings. The Balaban J connectivity index is 1.71. The summed E-state index contributed by atoms with van der Waals surface area (Å²) in [6, 6.07) is 12.8. The molecule has 3 N–H and O–H groups in total. The van der Waals surface area contributed by atoms with Gasteiger partial charge < -0.3 is 16.0 Å². The van der Waals surface area contributed by atoms with Gasteiger partial charge >= 0.3 is 6.18 Å². The third-order valence-corrected chi connectivity index (χ3v) is 5.37. The Morgan fingerprint density at radius 1 is 1.15 bits per heavy atom. The van der Waals surface area contributed by atoms with Gasteiger partial charge in [0.1, 0.15) is 0 Å². The van der Waals surface area contributed by atoms with Crippen LogP contribution in [0.2, 0.25) is 0 Å². The fourth-order valence-corrected chi connectivity index (χ4v) is 4.04. The number of anilines is 2. The van der Waals surface area contributed by atoms with Gasteiger partial charge in [-0.05, 0) is 43.1 Å². The summed E-state index contributed by atoms with van der Waals surface area (Å²) in [4.78, 5) is 0. The minimum Gasteiger partial charge on any atom is -0.381 e. The molecule has 1 saturated heterocycles. The van der Waals surface area contributed by atoms with Gasteiger partial charge in [0.05, 0.1) is 11.3 Å². The molecule has 1 unspecified atom stereocenters. The number of rotatable bonds is 3. The van der Waals surface area contributed by atoms with E-state index in [1.807, 2.05) is 43.3 Å². The fraction of sp³-hybridized carbons (Fsp3) is 0.400. The standard InChI is InChI=1S/C20H22F3N3/c1-12(13-5-3-2-4-6-13)25-14-9-15-16-11-24-8-7-18(16)26-19(15)17(10-14)20(21,22)23/h2-6,9-10,12,16,18,24-26H,7-8,11H2,1H3/t12?,16-,18-/m0/s1. The molecule has 0 spiro atoms. The molecule has 1 fully saturated rings. The number of fused-ring (bicyclic) bond motifs is 3. The van der Waals surface area contributed by atoms with Gasteiger partial charge in [-0.2, -0.15) is 13.2 Å². The van der Waals surface area contributed by atoms with Crippen molar-refractivity contribution in [1.82, 2.24) is 5.32 Å². The van der Waals surface area contributed by atoms with Crippen LogP contribution in [0.15, 0.2) is 42.5 Å². The molecule has 2 heterocycles. The van der Waals surface area contributed by atoms with Crippen molar-refractivity contribution >= 4 is 11.4 Å². The molecule has 2 aliphatic rings. The summed E-state index contributed by atoms with van der Waals surface area (Å²) < 4.78 is 41.0. The van der Waals surface area contributed by atoms with E-state index in [1.165, 1.54) is 6.07 Å². The molecular weight excluding hydrogens is 339 g/mol. The van der Waals surface area contributed by atoms with E-state index in [9.17, 15) is 13.2 Å². The van der Waals surface area contributed by atoms with Crippen LogP contribution in [-0.4, -0.2) is 19.1 Å². The van der Waals surface area contributed by atoms with Gasteiger partial charge in [-0.1, -0.05) is 30.3 Å². The van der Waals surface area contributed by atoms with Crippen molar-refractivity contribution < 1.29 is 13.2 Å². The van der Waals surface area contributed by atoms with Crippen LogP contribution in [0.3, 0.4) is 0 Å². The zero-order chi connectivity index (χ0) is 18.3. The molecule has 0 radical (unpaired) electrons. The lowest BCUT2D eigenvalue weighted by molar-refractivity contribution is -0.136. The van der Waals surface area contributed by atoms with Crippen LogP contribution < -0.4 is 16.0 Å². The van der Waals surface area contributed by atoms with Crippen molar-refractivity contribution in [3.05, 3.63) is 59.2 Å². The third kappa shape index (κ3) is 3.14. The van der Waals surface area contributed by atoms with Crippen molar-refractivity contribution in [2.45, 2.75) is 37.5 Å². The third-order valence-electron chi connectivity index (χ3n) is 5.37. The summed E-state index contributed by atoms with van der Waals surface area (Å²) >= 11 is 0. The van der Waals surface area contributed by atoms with E-state index >= 15 is 0 Å². The van der Waals surface area contributed by atoms with Gasteiger partial charge in [0.2, 0.25) is 0 Å². The molecule has 3 nitrogen and oxygen atoms in total. The Morgan fingerprint density at radius 3 is 2.65 bits per heavy atom.